The molecule has 0 atom stereocenters. The summed E-state index contributed by atoms with van der Waals surface area (Å²) in [5, 5.41) is 19.7. The van der Waals surface area contributed by atoms with Crippen molar-refractivity contribution < 1.29 is 34.1 Å². The summed E-state index contributed by atoms with van der Waals surface area (Å²) >= 11 is 2.97. The summed E-state index contributed by atoms with van der Waals surface area (Å²) < 4.78 is 6.30. The fraction of sp³-hybridized carbons (Fsp3) is 0.200. The lowest BCUT2D eigenvalue weighted by Gasteiger charge is -2.13. The van der Waals surface area contributed by atoms with Crippen LogP contribution in [0.25, 0.3) is 11.8 Å². The average molecular weight is 617 g/mol. The van der Waals surface area contributed by atoms with E-state index in [9.17, 15) is 39.0 Å². The number of anilines is 1. The number of aryl methyl sites for hydroxylation is 1. The second-order valence-corrected chi connectivity index (χ2v) is 12.0. The number of carboxylic acids is 2. The third kappa shape index (κ3) is 5.00. The van der Waals surface area contributed by atoms with Gasteiger partial charge in [-0.2, -0.15) is 0 Å². The number of likely N-dealkylation sites (N-methyl/N-ethyl adjacent to an activating group) is 1. The van der Waals surface area contributed by atoms with Crippen molar-refractivity contribution >= 4 is 75.9 Å². The van der Waals surface area contributed by atoms with Crippen molar-refractivity contribution in [2.24, 2.45) is 0 Å². The molecule has 4 heterocycles. The number of carbonyl (C=O) groups is 4. The van der Waals surface area contributed by atoms with E-state index in [0.717, 1.165) is 48.7 Å². The highest BCUT2D eigenvalue weighted by molar-refractivity contribution is 8.03. The second-order valence-electron chi connectivity index (χ2n) is 8.94. The van der Waals surface area contributed by atoms with Crippen molar-refractivity contribution in [3.63, 3.8) is 0 Å². The summed E-state index contributed by atoms with van der Waals surface area (Å²) in [6.07, 6.45) is 2.24. The molecule has 41 heavy (non-hydrogen) atoms. The lowest BCUT2D eigenvalue weighted by Crippen LogP contribution is -2.32. The molecule has 1 saturated heterocycles. The highest BCUT2D eigenvalue weighted by atomic mass is 32.2. The summed E-state index contributed by atoms with van der Waals surface area (Å²) in [5.74, 6) is -4.17. The van der Waals surface area contributed by atoms with Crippen LogP contribution in [0.3, 0.4) is 0 Å². The molecule has 2 aliphatic heterocycles. The molecule has 0 bridgehead atoms. The zero-order chi connectivity index (χ0) is 29.7. The Kier molecular flexibility index (Phi) is 7.23. The van der Waals surface area contributed by atoms with Gasteiger partial charge in [-0.15, -0.1) is 22.7 Å². The van der Waals surface area contributed by atoms with Gasteiger partial charge in [-0.1, -0.05) is 17.8 Å². The van der Waals surface area contributed by atoms with Gasteiger partial charge in [-0.25, -0.2) is 9.69 Å². The van der Waals surface area contributed by atoms with Crippen LogP contribution >= 0.6 is 34.4 Å². The minimum Gasteiger partial charge on any atom is -0.480 e. The number of aliphatic carboxylic acids is 2. The third-order valence-corrected chi connectivity index (χ3v) is 9.76. The van der Waals surface area contributed by atoms with Crippen molar-refractivity contribution in [3.8, 4) is 0 Å². The van der Waals surface area contributed by atoms with E-state index in [1.165, 1.54) is 17.8 Å². The first-order valence-electron chi connectivity index (χ1n) is 11.7. The number of aromatic nitrogens is 2. The SMILES string of the molecule is Cc1ccc2c(c1)N(C)C(=CC=c1s/c(=c3/s/c(=C4/OC(=O)N(C)C4=O)n(CC(=O)O)c3=O)n(CC(=O)O)c1=O)S2. The Hall–Kier alpha value is -4.41. The number of thiazole rings is 2. The quantitative estimate of drug-likeness (QED) is 0.409. The first-order chi connectivity index (χ1) is 19.4. The van der Waals surface area contributed by atoms with Crippen LogP contribution < -0.4 is 25.2 Å². The van der Waals surface area contributed by atoms with Gasteiger partial charge in [0.1, 0.15) is 26.9 Å². The van der Waals surface area contributed by atoms with E-state index in [1.54, 1.807) is 6.08 Å². The van der Waals surface area contributed by atoms with Crippen LogP contribution in [0.2, 0.25) is 0 Å². The molecule has 0 unspecified atom stereocenters. The Bertz CT molecular complexity index is 2050. The van der Waals surface area contributed by atoms with Crippen molar-refractivity contribution in [2.75, 3.05) is 19.0 Å². The number of carboxylic acid groups (broad SMARTS) is 2. The molecule has 1 aromatic carbocycles. The maximum Gasteiger partial charge on any atom is 0.422 e. The summed E-state index contributed by atoms with van der Waals surface area (Å²) in [7, 11) is 3.04. The lowest BCUT2D eigenvalue weighted by atomic mass is 10.2. The number of allylic oxidation sites excluding steroid dienone is 1. The molecule has 212 valence electrons. The number of thioether (sulfide) groups is 1. The van der Waals surface area contributed by atoms with E-state index < -0.39 is 53.9 Å². The highest BCUT2D eigenvalue weighted by Gasteiger charge is 2.35. The third-order valence-electron chi connectivity index (χ3n) is 6.13. The first kappa shape index (κ1) is 28.1. The molecule has 0 radical (unpaired) electrons. The van der Waals surface area contributed by atoms with Crippen LogP contribution in [0.5, 0.6) is 0 Å². The van der Waals surface area contributed by atoms with Crippen LogP contribution in [0.15, 0.2) is 43.8 Å². The lowest BCUT2D eigenvalue weighted by molar-refractivity contribution is -0.138. The molecule has 5 rings (SSSR count). The van der Waals surface area contributed by atoms with Gasteiger partial charge in [0.15, 0.2) is 0 Å². The maximum absolute atomic E-state index is 13.4. The molecule has 2 N–H and O–H groups in total. The number of hydrogen-bond donors (Lipinski definition) is 2. The predicted octanol–water partition coefficient (Wildman–Crippen LogP) is 0.478. The Morgan fingerprint density at radius 2 is 1.56 bits per heavy atom. The summed E-state index contributed by atoms with van der Waals surface area (Å²) in [6, 6.07) is 6.02. The first-order valence-corrected chi connectivity index (χ1v) is 14.2. The molecule has 2 aromatic heterocycles. The minimum absolute atomic E-state index is 0.0421. The number of rotatable bonds is 5. The van der Waals surface area contributed by atoms with Gasteiger partial charge < -0.3 is 19.8 Å². The van der Waals surface area contributed by atoms with E-state index >= 15 is 0 Å². The average Bonchev–Trinajstić information content (AvgIpc) is 3.57. The number of fused-ring (bicyclic) bond motifs is 1. The van der Waals surface area contributed by atoms with Gasteiger partial charge in [0.25, 0.3) is 11.1 Å². The molecule has 0 saturated carbocycles. The van der Waals surface area contributed by atoms with Gasteiger partial charge in [-0.3, -0.25) is 33.1 Å². The number of imide groups is 1. The van der Waals surface area contributed by atoms with Crippen molar-refractivity contribution in [1.29, 1.82) is 0 Å². The van der Waals surface area contributed by atoms with Crippen molar-refractivity contribution in [2.45, 2.75) is 24.9 Å². The van der Waals surface area contributed by atoms with Crippen LogP contribution in [0, 0.1) is 16.1 Å². The van der Waals surface area contributed by atoms with Gasteiger partial charge in [0.2, 0.25) is 5.76 Å². The molecule has 0 aliphatic carbocycles. The predicted molar refractivity (Wildman–Crippen MR) is 150 cm³/mol. The number of ether oxygens (including phenoxy) is 1. The zero-order valence-corrected chi connectivity index (χ0v) is 24.0. The van der Waals surface area contributed by atoms with Crippen LogP contribution in [-0.2, 0) is 32.2 Å². The smallest absolute Gasteiger partial charge is 0.422 e. The molecule has 16 heteroatoms. The van der Waals surface area contributed by atoms with Gasteiger partial charge in [-0.05, 0) is 36.8 Å². The number of cyclic esters (lactones) is 1. The molecular formula is C25H20N4O9S3. The van der Waals surface area contributed by atoms with Crippen LogP contribution in [0.1, 0.15) is 5.56 Å². The molecule has 1 fully saturated rings. The summed E-state index contributed by atoms with van der Waals surface area (Å²) in [4.78, 5) is 78.0. The summed E-state index contributed by atoms with van der Waals surface area (Å²) in [6.45, 7) is 0.341. The molecule has 0 spiro atoms. The summed E-state index contributed by atoms with van der Waals surface area (Å²) in [5.41, 5.74) is 0.530. The van der Waals surface area contributed by atoms with E-state index in [2.05, 4.69) is 0 Å². The fourth-order valence-corrected chi connectivity index (χ4v) is 7.44. The number of nitrogens with zero attached hydrogens (tertiary/aromatic N) is 4. The van der Waals surface area contributed by atoms with Crippen LogP contribution in [0.4, 0.5) is 10.5 Å². The number of amides is 2. The molecular weight excluding hydrogens is 596 g/mol. The standard InChI is InChI=1S/C25H20N4O9S3/c1-11-4-5-13-12(8-11)26(2)15(39-13)7-6-14-20(34)28(9-16(30)31)24(40-14)19-22(36)29(10-17(32)33)23(41-19)18-21(35)27(3)25(37)38-18/h4-8H,9-10H2,1-3H3,(H,30,31)(H,32,33)/b14-6?,15-7?,23-18+,24-19+. The van der Waals surface area contributed by atoms with E-state index in [1.807, 2.05) is 37.1 Å². The zero-order valence-electron chi connectivity index (χ0n) is 21.6. The van der Waals surface area contributed by atoms with Gasteiger partial charge >= 0.3 is 23.9 Å². The van der Waals surface area contributed by atoms with Crippen LogP contribution in [-0.4, -0.2) is 62.3 Å². The van der Waals surface area contributed by atoms with Crippen molar-refractivity contribution in [1.82, 2.24) is 14.0 Å². The number of carbonyl (C=O) groups excluding carboxylic acids is 2. The number of benzene rings is 1. The Balaban J connectivity index is 1.78. The van der Waals surface area contributed by atoms with E-state index in [0.29, 0.717) is 16.2 Å². The van der Waals surface area contributed by atoms with E-state index in [-0.39, 0.29) is 18.4 Å². The largest absolute Gasteiger partial charge is 0.480 e. The highest BCUT2D eigenvalue weighted by Crippen LogP contribution is 2.45. The molecule has 2 aliphatic rings. The normalized spacial score (nSPS) is 18.4. The monoisotopic (exact) mass is 616 g/mol. The van der Waals surface area contributed by atoms with Gasteiger partial charge in [0.05, 0.1) is 15.2 Å². The topological polar surface area (TPSA) is 168 Å². The number of hydrogen-bond acceptors (Lipinski definition) is 11. The van der Waals surface area contributed by atoms with Gasteiger partial charge in [0, 0.05) is 19.0 Å². The Labute approximate surface area is 241 Å². The Morgan fingerprint density at radius 3 is 2.17 bits per heavy atom. The molecule has 2 amide bonds. The minimum atomic E-state index is -1.41. The second kappa shape index (κ2) is 10.5. The van der Waals surface area contributed by atoms with Crippen molar-refractivity contribution in [3.05, 3.63) is 74.0 Å². The fourth-order valence-electron chi connectivity index (χ4n) is 4.11. The Morgan fingerprint density at radius 1 is 0.902 bits per heavy atom. The van der Waals surface area contributed by atoms with E-state index in [4.69, 9.17) is 4.74 Å². The molecule has 3 aromatic rings. The maximum atomic E-state index is 13.4. The molecule has 13 nitrogen and oxygen atoms in total.